The van der Waals surface area contributed by atoms with Gasteiger partial charge in [0.15, 0.2) is 5.82 Å². The number of ether oxygens (including phenoxy) is 1. The third-order valence-corrected chi connectivity index (χ3v) is 6.15. The summed E-state index contributed by atoms with van der Waals surface area (Å²) in [6, 6.07) is 4.33. The average molecular weight is 513 g/mol. The SMILES string of the molecule is O=C(Nc1ccc(F)c(Br)c1)c1c(F)ccc(S(=O)(=O)N[C@H]2CCOC2)c1F.S. The smallest absolute Gasteiger partial charge is 0.261 e. The highest BCUT2D eigenvalue weighted by Gasteiger charge is 2.30. The first-order valence-electron chi connectivity index (χ1n) is 8.03. The fraction of sp³-hybridized carbons (Fsp3) is 0.235. The minimum absolute atomic E-state index is 0. The van der Waals surface area contributed by atoms with E-state index in [4.69, 9.17) is 4.74 Å². The standard InChI is InChI=1S/C17H14BrF3N2O4S.H2S/c18-11-7-9(1-2-12(11)19)22-17(24)15-13(20)3-4-14(16(15)21)28(25,26)23-10-5-6-27-8-10;/h1-4,7,10,23H,5-6,8H2,(H,22,24);1H2/t10-;/m0./s1. The third kappa shape index (κ3) is 5.31. The van der Waals surface area contributed by atoms with Crippen molar-refractivity contribution in [3.05, 3.63) is 57.8 Å². The minimum Gasteiger partial charge on any atom is -0.380 e. The number of carbonyl (C=O) groups is 1. The molecule has 1 heterocycles. The minimum atomic E-state index is -4.34. The molecule has 6 nitrogen and oxygen atoms in total. The molecular weight excluding hydrogens is 497 g/mol. The van der Waals surface area contributed by atoms with Gasteiger partial charge in [-0.05, 0) is 52.7 Å². The summed E-state index contributed by atoms with van der Waals surface area (Å²) in [5.41, 5.74) is -1.00. The lowest BCUT2D eigenvalue weighted by molar-refractivity contribution is 0.101. The molecule has 0 spiro atoms. The second-order valence-electron chi connectivity index (χ2n) is 6.00. The zero-order valence-corrected chi connectivity index (χ0v) is 18.0. The predicted molar refractivity (Wildman–Crippen MR) is 108 cm³/mol. The molecule has 2 N–H and O–H groups in total. The van der Waals surface area contributed by atoms with Gasteiger partial charge in [-0.1, -0.05) is 0 Å². The molecule has 0 unspecified atom stereocenters. The first-order chi connectivity index (χ1) is 13.2. The molecule has 158 valence electrons. The number of hydrogen-bond acceptors (Lipinski definition) is 4. The van der Waals surface area contributed by atoms with Crippen LogP contribution < -0.4 is 10.0 Å². The van der Waals surface area contributed by atoms with Gasteiger partial charge in [-0.25, -0.2) is 26.3 Å². The van der Waals surface area contributed by atoms with Crippen molar-refractivity contribution in [3.63, 3.8) is 0 Å². The van der Waals surface area contributed by atoms with Crippen molar-refractivity contribution in [2.75, 3.05) is 18.5 Å². The van der Waals surface area contributed by atoms with Crippen LogP contribution in [-0.4, -0.2) is 33.6 Å². The number of nitrogens with one attached hydrogen (secondary N) is 2. The number of amides is 1. The van der Waals surface area contributed by atoms with Crippen LogP contribution in [0.1, 0.15) is 16.8 Å². The van der Waals surface area contributed by atoms with Crippen molar-refractivity contribution in [2.45, 2.75) is 17.4 Å². The number of halogens is 4. The topological polar surface area (TPSA) is 84.5 Å². The first kappa shape index (κ1) is 23.7. The van der Waals surface area contributed by atoms with E-state index in [1.54, 1.807) is 0 Å². The highest BCUT2D eigenvalue weighted by molar-refractivity contribution is 9.10. The fourth-order valence-electron chi connectivity index (χ4n) is 2.63. The van der Waals surface area contributed by atoms with Crippen LogP contribution in [0.15, 0.2) is 39.7 Å². The molecule has 0 aliphatic carbocycles. The summed E-state index contributed by atoms with van der Waals surface area (Å²) in [6.07, 6.45) is 0.412. The van der Waals surface area contributed by atoms with Crippen LogP contribution in [0.5, 0.6) is 0 Å². The lowest BCUT2D eigenvalue weighted by atomic mass is 10.1. The van der Waals surface area contributed by atoms with Crippen LogP contribution >= 0.6 is 29.4 Å². The Kier molecular flexibility index (Phi) is 7.74. The van der Waals surface area contributed by atoms with E-state index in [-0.39, 0.29) is 30.3 Å². The largest absolute Gasteiger partial charge is 0.380 e. The Bertz CT molecular complexity index is 1030. The summed E-state index contributed by atoms with van der Waals surface area (Å²) in [6.45, 7) is 0.495. The van der Waals surface area contributed by atoms with Gasteiger partial charge in [-0.2, -0.15) is 13.5 Å². The summed E-state index contributed by atoms with van der Waals surface area (Å²) >= 11 is 2.93. The van der Waals surface area contributed by atoms with Crippen LogP contribution in [0.2, 0.25) is 0 Å². The van der Waals surface area contributed by atoms with E-state index in [0.29, 0.717) is 19.1 Å². The maximum atomic E-state index is 14.8. The van der Waals surface area contributed by atoms with E-state index in [9.17, 15) is 26.4 Å². The zero-order chi connectivity index (χ0) is 20.5. The van der Waals surface area contributed by atoms with Gasteiger partial charge in [0.2, 0.25) is 10.0 Å². The van der Waals surface area contributed by atoms with Crippen molar-refractivity contribution in [3.8, 4) is 0 Å². The molecule has 0 radical (unpaired) electrons. The number of rotatable bonds is 5. The maximum absolute atomic E-state index is 14.8. The second-order valence-corrected chi connectivity index (χ2v) is 8.54. The van der Waals surface area contributed by atoms with Crippen molar-refractivity contribution in [1.82, 2.24) is 4.72 Å². The molecule has 1 saturated heterocycles. The fourth-order valence-corrected chi connectivity index (χ4v) is 4.34. The molecule has 0 bridgehead atoms. The Balaban J connectivity index is 0.00000300. The monoisotopic (exact) mass is 512 g/mol. The molecule has 1 aliphatic heterocycles. The van der Waals surface area contributed by atoms with Gasteiger partial charge < -0.3 is 10.1 Å². The van der Waals surface area contributed by atoms with Crippen molar-refractivity contribution in [2.24, 2.45) is 0 Å². The summed E-state index contributed by atoms with van der Waals surface area (Å²) in [5.74, 6) is -4.57. The van der Waals surface area contributed by atoms with Crippen LogP contribution in [-0.2, 0) is 14.8 Å². The van der Waals surface area contributed by atoms with Gasteiger partial charge >= 0.3 is 0 Å². The summed E-state index contributed by atoms with van der Waals surface area (Å²) in [7, 11) is -4.34. The molecule has 0 aromatic heterocycles. The van der Waals surface area contributed by atoms with Crippen molar-refractivity contribution >= 4 is 51.0 Å². The molecule has 1 amide bonds. The van der Waals surface area contributed by atoms with Gasteiger partial charge in [-0.3, -0.25) is 4.79 Å². The Morgan fingerprint density at radius 2 is 1.83 bits per heavy atom. The average Bonchev–Trinajstić information content (AvgIpc) is 3.10. The highest BCUT2D eigenvalue weighted by atomic mass is 79.9. The highest BCUT2D eigenvalue weighted by Crippen LogP contribution is 2.25. The Morgan fingerprint density at radius 3 is 2.45 bits per heavy atom. The van der Waals surface area contributed by atoms with Crippen LogP contribution in [0.25, 0.3) is 0 Å². The van der Waals surface area contributed by atoms with E-state index in [2.05, 4.69) is 26.0 Å². The molecule has 2 aromatic carbocycles. The number of carbonyl (C=O) groups excluding carboxylic acids is 1. The predicted octanol–water partition coefficient (Wildman–Crippen LogP) is 3.30. The maximum Gasteiger partial charge on any atom is 0.261 e. The summed E-state index contributed by atoms with van der Waals surface area (Å²) < 4.78 is 74.4. The van der Waals surface area contributed by atoms with E-state index in [0.717, 1.165) is 12.1 Å². The van der Waals surface area contributed by atoms with Crippen LogP contribution in [0, 0.1) is 17.5 Å². The quantitative estimate of drug-likeness (QED) is 0.643. The van der Waals surface area contributed by atoms with Crippen LogP contribution in [0.4, 0.5) is 18.9 Å². The Morgan fingerprint density at radius 1 is 1.14 bits per heavy atom. The number of sulfonamides is 1. The number of hydrogen-bond donors (Lipinski definition) is 2. The van der Waals surface area contributed by atoms with E-state index < -0.39 is 49.9 Å². The van der Waals surface area contributed by atoms with Gasteiger partial charge in [-0.15, -0.1) is 0 Å². The van der Waals surface area contributed by atoms with Gasteiger partial charge in [0.1, 0.15) is 22.1 Å². The lowest BCUT2D eigenvalue weighted by Gasteiger charge is -2.14. The number of benzene rings is 2. The molecule has 2 aromatic rings. The molecule has 0 saturated carbocycles. The van der Waals surface area contributed by atoms with Crippen molar-refractivity contribution in [1.29, 1.82) is 0 Å². The molecule has 1 aliphatic rings. The van der Waals surface area contributed by atoms with Crippen molar-refractivity contribution < 1.29 is 31.1 Å². The Labute approximate surface area is 180 Å². The Hall–Kier alpha value is -1.60. The van der Waals surface area contributed by atoms with E-state index >= 15 is 0 Å². The summed E-state index contributed by atoms with van der Waals surface area (Å²) in [5, 5.41) is 2.21. The molecule has 1 atom stereocenters. The van der Waals surface area contributed by atoms with Gasteiger partial charge in [0.25, 0.3) is 5.91 Å². The normalized spacial score (nSPS) is 16.3. The molecule has 3 rings (SSSR count). The molecule has 29 heavy (non-hydrogen) atoms. The molecular formula is C17H16BrF3N2O4S2. The number of anilines is 1. The van der Waals surface area contributed by atoms with E-state index in [1.807, 2.05) is 0 Å². The second kappa shape index (κ2) is 9.47. The van der Waals surface area contributed by atoms with Crippen LogP contribution in [0.3, 0.4) is 0 Å². The van der Waals surface area contributed by atoms with Gasteiger partial charge in [0.05, 0.1) is 11.1 Å². The molecule has 1 fully saturated rings. The van der Waals surface area contributed by atoms with E-state index in [1.165, 1.54) is 12.1 Å². The first-order valence-corrected chi connectivity index (χ1v) is 10.3. The van der Waals surface area contributed by atoms with Gasteiger partial charge in [0, 0.05) is 18.3 Å². The lowest BCUT2D eigenvalue weighted by Crippen LogP contribution is -2.35. The summed E-state index contributed by atoms with van der Waals surface area (Å²) in [4.78, 5) is 11.5. The molecule has 12 heteroatoms. The zero-order valence-electron chi connectivity index (χ0n) is 14.6. The third-order valence-electron chi connectivity index (χ3n) is 4.00.